The fourth-order valence-corrected chi connectivity index (χ4v) is 5.49. The Hall–Kier alpha value is -3.34. The van der Waals surface area contributed by atoms with Gasteiger partial charge in [0.25, 0.3) is 0 Å². The maximum atomic E-state index is 13.6. The van der Waals surface area contributed by atoms with Crippen LogP contribution in [0.4, 0.5) is 0 Å². The number of Topliss-reactive ketones (excluding diaryl/α,β-unsaturated/α-hetero) is 1. The van der Waals surface area contributed by atoms with Crippen LogP contribution in [-0.2, 0) is 14.3 Å². The minimum atomic E-state index is -0.500. The molecule has 2 atom stereocenters. The summed E-state index contributed by atoms with van der Waals surface area (Å²) >= 11 is 0. The SMILES string of the molecule is CC1=C(C(=O)OC2CCCC2)C(c2ccc(O)cc2)C2=C(CC(c3ccccc3)CC2=O)N1. The molecule has 5 nitrogen and oxygen atoms in total. The van der Waals surface area contributed by atoms with Gasteiger partial charge in [-0.2, -0.15) is 0 Å². The zero-order valence-corrected chi connectivity index (χ0v) is 18.8. The molecule has 0 bridgehead atoms. The molecule has 2 N–H and O–H groups in total. The number of hydrogen-bond donors (Lipinski definition) is 2. The summed E-state index contributed by atoms with van der Waals surface area (Å²) in [5, 5.41) is 13.2. The molecule has 2 aliphatic carbocycles. The van der Waals surface area contributed by atoms with Crippen LogP contribution in [0.2, 0.25) is 0 Å². The third-order valence-corrected chi connectivity index (χ3v) is 7.12. The lowest BCUT2D eigenvalue weighted by Crippen LogP contribution is -2.36. The van der Waals surface area contributed by atoms with Crippen molar-refractivity contribution in [2.75, 3.05) is 0 Å². The second kappa shape index (κ2) is 8.89. The number of phenols is 1. The van der Waals surface area contributed by atoms with E-state index in [4.69, 9.17) is 4.74 Å². The van der Waals surface area contributed by atoms with E-state index in [-0.39, 0.29) is 29.5 Å². The van der Waals surface area contributed by atoms with Crippen molar-refractivity contribution >= 4 is 11.8 Å². The smallest absolute Gasteiger partial charge is 0.337 e. The number of dihydropyridines is 1. The molecule has 0 spiro atoms. The first-order valence-corrected chi connectivity index (χ1v) is 11.8. The second-order valence-electron chi connectivity index (χ2n) is 9.33. The van der Waals surface area contributed by atoms with Gasteiger partial charge in [-0.15, -0.1) is 0 Å². The first kappa shape index (κ1) is 21.5. The highest BCUT2D eigenvalue weighted by Crippen LogP contribution is 2.46. The molecular formula is C28H29NO4. The van der Waals surface area contributed by atoms with E-state index in [0.717, 1.165) is 48.2 Å². The molecule has 1 fully saturated rings. The third kappa shape index (κ3) is 4.20. The predicted molar refractivity (Wildman–Crippen MR) is 125 cm³/mol. The summed E-state index contributed by atoms with van der Waals surface area (Å²) in [7, 11) is 0. The number of ketones is 1. The zero-order valence-electron chi connectivity index (χ0n) is 18.8. The van der Waals surface area contributed by atoms with Crippen LogP contribution >= 0.6 is 0 Å². The molecule has 3 aliphatic rings. The lowest BCUT2D eigenvalue weighted by Gasteiger charge is -2.37. The van der Waals surface area contributed by atoms with Crippen molar-refractivity contribution in [2.45, 2.75) is 63.4 Å². The largest absolute Gasteiger partial charge is 0.508 e. The first-order chi connectivity index (χ1) is 16.0. The molecule has 1 aliphatic heterocycles. The van der Waals surface area contributed by atoms with Crippen LogP contribution in [0.1, 0.15) is 68.4 Å². The van der Waals surface area contributed by atoms with Crippen molar-refractivity contribution in [3.05, 3.63) is 88.3 Å². The number of carbonyl (C=O) groups is 2. The molecule has 33 heavy (non-hydrogen) atoms. The van der Waals surface area contributed by atoms with E-state index in [1.807, 2.05) is 25.1 Å². The minimum absolute atomic E-state index is 0.0503. The summed E-state index contributed by atoms with van der Waals surface area (Å²) in [6.07, 6.45) is 4.99. The van der Waals surface area contributed by atoms with Crippen LogP contribution in [0.15, 0.2) is 77.1 Å². The fraction of sp³-hybridized carbons (Fsp3) is 0.357. The molecule has 2 aromatic carbocycles. The lowest BCUT2D eigenvalue weighted by molar-refractivity contribution is -0.144. The predicted octanol–water partition coefficient (Wildman–Crippen LogP) is 5.24. The van der Waals surface area contributed by atoms with E-state index in [1.54, 1.807) is 24.3 Å². The molecule has 2 unspecified atom stereocenters. The number of esters is 1. The van der Waals surface area contributed by atoms with Crippen molar-refractivity contribution in [3.8, 4) is 5.75 Å². The van der Waals surface area contributed by atoms with Crippen molar-refractivity contribution in [1.29, 1.82) is 0 Å². The molecular weight excluding hydrogens is 414 g/mol. The summed E-state index contributed by atoms with van der Waals surface area (Å²) < 4.78 is 5.88. The quantitative estimate of drug-likeness (QED) is 0.632. The summed E-state index contributed by atoms with van der Waals surface area (Å²) in [5.74, 6) is -0.550. The van der Waals surface area contributed by atoms with Gasteiger partial charge in [-0.25, -0.2) is 4.79 Å². The number of nitrogens with one attached hydrogen (secondary N) is 1. The Morgan fingerprint density at radius 2 is 1.67 bits per heavy atom. The maximum Gasteiger partial charge on any atom is 0.337 e. The van der Waals surface area contributed by atoms with Crippen LogP contribution < -0.4 is 5.32 Å². The van der Waals surface area contributed by atoms with E-state index in [9.17, 15) is 14.7 Å². The fourth-order valence-electron chi connectivity index (χ4n) is 5.49. The molecule has 0 aromatic heterocycles. The van der Waals surface area contributed by atoms with Gasteiger partial charge in [0.2, 0.25) is 0 Å². The Kier molecular flexibility index (Phi) is 5.79. The van der Waals surface area contributed by atoms with Gasteiger partial charge < -0.3 is 15.2 Å². The summed E-state index contributed by atoms with van der Waals surface area (Å²) in [6.45, 7) is 1.89. The molecule has 0 saturated heterocycles. The van der Waals surface area contributed by atoms with Crippen LogP contribution in [-0.4, -0.2) is 23.0 Å². The van der Waals surface area contributed by atoms with Crippen molar-refractivity contribution in [1.82, 2.24) is 5.32 Å². The Morgan fingerprint density at radius 1 is 0.970 bits per heavy atom. The van der Waals surface area contributed by atoms with Crippen LogP contribution in [0.25, 0.3) is 0 Å². The highest BCUT2D eigenvalue weighted by molar-refractivity contribution is 6.04. The number of hydrogen-bond acceptors (Lipinski definition) is 5. The van der Waals surface area contributed by atoms with Gasteiger partial charge in [0.15, 0.2) is 5.78 Å². The number of aromatic hydroxyl groups is 1. The Bertz CT molecular complexity index is 1120. The number of phenolic OH excluding ortho intramolecular Hbond substituents is 1. The van der Waals surface area contributed by atoms with Crippen molar-refractivity contribution in [2.24, 2.45) is 0 Å². The number of benzene rings is 2. The van der Waals surface area contributed by atoms with E-state index in [0.29, 0.717) is 24.0 Å². The molecule has 1 heterocycles. The van der Waals surface area contributed by atoms with Gasteiger partial charge in [0.1, 0.15) is 11.9 Å². The second-order valence-corrected chi connectivity index (χ2v) is 9.33. The molecule has 1 saturated carbocycles. The highest BCUT2D eigenvalue weighted by Gasteiger charge is 2.42. The van der Waals surface area contributed by atoms with E-state index in [1.165, 1.54) is 0 Å². The molecule has 170 valence electrons. The van der Waals surface area contributed by atoms with Gasteiger partial charge in [-0.1, -0.05) is 42.5 Å². The van der Waals surface area contributed by atoms with E-state index >= 15 is 0 Å². The van der Waals surface area contributed by atoms with Gasteiger partial charge in [-0.05, 0) is 68.2 Å². The van der Waals surface area contributed by atoms with Gasteiger partial charge in [-0.3, -0.25) is 4.79 Å². The molecule has 0 radical (unpaired) electrons. The summed E-state index contributed by atoms with van der Waals surface area (Å²) in [6, 6.07) is 16.9. The Balaban J connectivity index is 1.54. The summed E-state index contributed by atoms with van der Waals surface area (Å²) in [4.78, 5) is 26.9. The number of allylic oxidation sites excluding steroid dienone is 3. The molecule has 5 heteroatoms. The normalized spacial score (nSPS) is 23.4. The van der Waals surface area contributed by atoms with Crippen molar-refractivity contribution < 1.29 is 19.4 Å². The van der Waals surface area contributed by atoms with Gasteiger partial charge >= 0.3 is 5.97 Å². The number of rotatable bonds is 4. The molecule has 5 rings (SSSR count). The van der Waals surface area contributed by atoms with E-state index < -0.39 is 5.92 Å². The first-order valence-electron chi connectivity index (χ1n) is 11.8. The lowest BCUT2D eigenvalue weighted by atomic mass is 9.71. The number of carbonyl (C=O) groups excluding carboxylic acids is 2. The van der Waals surface area contributed by atoms with Crippen LogP contribution in [0, 0.1) is 0 Å². The minimum Gasteiger partial charge on any atom is -0.508 e. The summed E-state index contributed by atoms with van der Waals surface area (Å²) in [5.41, 5.74) is 4.72. The Morgan fingerprint density at radius 3 is 2.36 bits per heavy atom. The van der Waals surface area contributed by atoms with Gasteiger partial charge in [0, 0.05) is 29.3 Å². The van der Waals surface area contributed by atoms with Crippen LogP contribution in [0.5, 0.6) is 5.75 Å². The van der Waals surface area contributed by atoms with Crippen LogP contribution in [0.3, 0.4) is 0 Å². The monoisotopic (exact) mass is 443 g/mol. The van der Waals surface area contributed by atoms with E-state index in [2.05, 4.69) is 17.4 Å². The average Bonchev–Trinajstić information content (AvgIpc) is 3.32. The number of ether oxygens (including phenoxy) is 1. The van der Waals surface area contributed by atoms with Crippen molar-refractivity contribution in [3.63, 3.8) is 0 Å². The Labute approximate surface area is 194 Å². The molecule has 0 amide bonds. The molecule has 2 aromatic rings. The third-order valence-electron chi connectivity index (χ3n) is 7.12. The topological polar surface area (TPSA) is 75.6 Å². The zero-order chi connectivity index (χ0) is 22.9. The standard InChI is InChI=1S/C28H29NO4/c1-17-25(28(32)33-22-9-5-6-10-22)26(19-11-13-21(30)14-12-19)27-23(29-17)15-20(16-24(27)31)18-7-3-2-4-8-18/h2-4,7-8,11-14,20,22,26,29-30H,5-6,9-10,15-16H2,1H3. The average molecular weight is 444 g/mol. The van der Waals surface area contributed by atoms with Gasteiger partial charge in [0.05, 0.1) is 5.57 Å². The maximum absolute atomic E-state index is 13.6. The highest BCUT2D eigenvalue weighted by atomic mass is 16.5.